The van der Waals surface area contributed by atoms with Crippen molar-refractivity contribution >= 4 is 18.7 Å². The van der Waals surface area contributed by atoms with Gasteiger partial charge in [0.05, 0.1) is 19.3 Å². The average Bonchev–Trinajstić information content (AvgIpc) is 2.72. The van der Waals surface area contributed by atoms with Gasteiger partial charge < -0.3 is 13.9 Å². The van der Waals surface area contributed by atoms with Crippen LogP contribution in [0.3, 0.4) is 0 Å². The highest BCUT2D eigenvalue weighted by molar-refractivity contribution is 6.99. The second-order valence-corrected chi connectivity index (χ2v) is 12.7. The molecule has 3 nitrogen and oxygen atoms in total. The van der Waals surface area contributed by atoms with Gasteiger partial charge in [-0.05, 0) is 34.8 Å². The van der Waals surface area contributed by atoms with Crippen molar-refractivity contribution in [3.8, 4) is 0 Å². The van der Waals surface area contributed by atoms with Crippen molar-refractivity contribution in [2.75, 3.05) is 13.7 Å². The molecule has 1 aliphatic heterocycles. The van der Waals surface area contributed by atoms with Crippen LogP contribution in [0, 0.1) is 0 Å². The van der Waals surface area contributed by atoms with Crippen LogP contribution >= 0.6 is 0 Å². The van der Waals surface area contributed by atoms with Crippen LogP contribution in [0.5, 0.6) is 0 Å². The highest BCUT2D eigenvalue weighted by Crippen LogP contribution is 2.38. The molecule has 0 aliphatic carbocycles. The van der Waals surface area contributed by atoms with E-state index in [4.69, 9.17) is 13.9 Å². The third kappa shape index (κ3) is 4.09. The molecule has 0 aromatic heterocycles. The molecule has 1 heterocycles. The molecule has 0 N–H and O–H groups in total. The summed E-state index contributed by atoms with van der Waals surface area (Å²) in [5.74, 6) is 0.897. The smallest absolute Gasteiger partial charge is 0.261 e. The summed E-state index contributed by atoms with van der Waals surface area (Å²) in [6.45, 7) is 9.56. The molecule has 3 rings (SSSR count). The zero-order chi connectivity index (χ0) is 20.2. The largest absolute Gasteiger partial charge is 0.499 e. The Morgan fingerprint density at radius 1 is 0.964 bits per heavy atom. The van der Waals surface area contributed by atoms with Crippen molar-refractivity contribution in [1.82, 2.24) is 0 Å². The Balaban J connectivity index is 2.03. The monoisotopic (exact) mass is 396 g/mol. The lowest BCUT2D eigenvalue weighted by Gasteiger charge is -2.46. The third-order valence-electron chi connectivity index (χ3n) is 5.58. The normalized spacial score (nSPS) is 19.0. The van der Waals surface area contributed by atoms with E-state index in [9.17, 15) is 0 Å². The quantitative estimate of drug-likeness (QED) is 0.683. The first-order valence-electron chi connectivity index (χ1n) is 10.0. The number of rotatable bonds is 6. The molecule has 0 bridgehead atoms. The number of methoxy groups -OCH3 is 1. The molecule has 28 heavy (non-hydrogen) atoms. The number of hydrogen-bond acceptors (Lipinski definition) is 3. The van der Waals surface area contributed by atoms with E-state index >= 15 is 0 Å². The minimum atomic E-state index is -2.55. The van der Waals surface area contributed by atoms with Crippen LogP contribution in [0.25, 0.3) is 0 Å². The van der Waals surface area contributed by atoms with Gasteiger partial charge in [-0.25, -0.2) is 0 Å². The highest BCUT2D eigenvalue weighted by atomic mass is 28.4. The molecule has 2 unspecified atom stereocenters. The van der Waals surface area contributed by atoms with E-state index in [0.29, 0.717) is 6.61 Å². The Morgan fingerprint density at radius 2 is 1.50 bits per heavy atom. The number of ether oxygens (including phenoxy) is 2. The molecule has 0 radical (unpaired) electrons. The molecular formula is C24H32O3Si. The fourth-order valence-electron chi connectivity index (χ4n) is 4.08. The molecular weight excluding hydrogens is 364 g/mol. The Bertz CT molecular complexity index is 741. The van der Waals surface area contributed by atoms with E-state index in [-0.39, 0.29) is 17.2 Å². The lowest BCUT2D eigenvalue weighted by atomic mass is 10.1. The van der Waals surface area contributed by atoms with Crippen LogP contribution in [0.4, 0.5) is 0 Å². The van der Waals surface area contributed by atoms with E-state index in [1.54, 1.807) is 7.11 Å². The molecule has 2 aromatic rings. The van der Waals surface area contributed by atoms with Crippen molar-refractivity contribution < 1.29 is 13.9 Å². The van der Waals surface area contributed by atoms with Crippen molar-refractivity contribution in [3.05, 3.63) is 72.5 Å². The summed E-state index contributed by atoms with van der Waals surface area (Å²) in [6.07, 6.45) is 2.93. The summed E-state index contributed by atoms with van der Waals surface area (Å²) in [5.41, 5.74) is 0. The highest BCUT2D eigenvalue weighted by Gasteiger charge is 2.51. The first kappa shape index (κ1) is 20.8. The molecule has 0 saturated carbocycles. The third-order valence-corrected chi connectivity index (χ3v) is 10.7. The van der Waals surface area contributed by atoms with Crippen LogP contribution in [0.1, 0.15) is 34.1 Å². The molecule has 150 valence electrons. The molecule has 2 aromatic carbocycles. The summed E-state index contributed by atoms with van der Waals surface area (Å²) < 4.78 is 18.5. The molecule has 1 aliphatic rings. The standard InChI is InChI=1S/C24H32O3Si/c1-19(23-17-16-20(25-5)18-26-23)27-28(24(2,3)4,21-12-8-6-9-13-21)22-14-10-7-11-15-22/h6-16,19,23H,17-18H2,1-5H3. The zero-order valence-electron chi connectivity index (χ0n) is 17.6. The van der Waals surface area contributed by atoms with Crippen molar-refractivity contribution in [2.24, 2.45) is 0 Å². The average molecular weight is 397 g/mol. The Hall–Kier alpha value is -1.88. The molecule has 2 atom stereocenters. The van der Waals surface area contributed by atoms with Crippen molar-refractivity contribution in [1.29, 1.82) is 0 Å². The lowest BCUT2D eigenvalue weighted by molar-refractivity contribution is -0.0314. The molecule has 0 fully saturated rings. The summed E-state index contributed by atoms with van der Waals surface area (Å²) >= 11 is 0. The van der Waals surface area contributed by atoms with Crippen LogP contribution in [-0.2, 0) is 13.9 Å². The first-order valence-corrected chi connectivity index (χ1v) is 11.9. The van der Waals surface area contributed by atoms with Crippen LogP contribution in [0.2, 0.25) is 5.04 Å². The van der Waals surface area contributed by atoms with Crippen LogP contribution in [-0.4, -0.2) is 34.2 Å². The summed E-state index contributed by atoms with van der Waals surface area (Å²) in [4.78, 5) is 0. The van der Waals surface area contributed by atoms with Crippen LogP contribution in [0.15, 0.2) is 72.5 Å². The summed E-state index contributed by atoms with van der Waals surface area (Å²) in [6, 6.07) is 21.5. The maximum absolute atomic E-state index is 7.13. The summed E-state index contributed by atoms with van der Waals surface area (Å²) in [5, 5.41) is 2.56. The van der Waals surface area contributed by atoms with Gasteiger partial charge in [0.15, 0.2) is 0 Å². The minimum absolute atomic E-state index is 0.0269. The predicted octanol–water partition coefficient (Wildman–Crippen LogP) is 4.27. The molecule has 4 heteroatoms. The maximum atomic E-state index is 7.13. The second kappa shape index (κ2) is 8.64. The van der Waals surface area contributed by atoms with Gasteiger partial charge in [-0.15, -0.1) is 0 Å². The SMILES string of the molecule is COC1=CCC(C(C)O[Si](c2ccccc2)(c2ccccc2)C(C)(C)C)OC1. The van der Waals surface area contributed by atoms with Gasteiger partial charge in [-0.2, -0.15) is 0 Å². The summed E-state index contributed by atoms with van der Waals surface area (Å²) in [7, 11) is -0.861. The maximum Gasteiger partial charge on any atom is 0.261 e. The Labute approximate surface area is 170 Å². The number of hydrogen-bond donors (Lipinski definition) is 0. The minimum Gasteiger partial charge on any atom is -0.499 e. The van der Waals surface area contributed by atoms with Gasteiger partial charge in [-0.3, -0.25) is 0 Å². The molecule has 0 amide bonds. The number of benzene rings is 2. The van der Waals surface area contributed by atoms with E-state index in [2.05, 4.69) is 94.4 Å². The van der Waals surface area contributed by atoms with Crippen molar-refractivity contribution in [3.63, 3.8) is 0 Å². The van der Waals surface area contributed by atoms with Gasteiger partial charge >= 0.3 is 0 Å². The van der Waals surface area contributed by atoms with E-state index in [0.717, 1.165) is 12.2 Å². The van der Waals surface area contributed by atoms with E-state index in [1.807, 2.05) is 0 Å². The second-order valence-electron chi connectivity index (χ2n) is 8.45. The van der Waals surface area contributed by atoms with Gasteiger partial charge in [0.25, 0.3) is 8.32 Å². The van der Waals surface area contributed by atoms with Gasteiger partial charge in [0.2, 0.25) is 0 Å². The van der Waals surface area contributed by atoms with Gasteiger partial charge in [0, 0.05) is 0 Å². The molecule has 0 saturated heterocycles. The zero-order valence-corrected chi connectivity index (χ0v) is 18.6. The Morgan fingerprint density at radius 3 is 1.89 bits per heavy atom. The fraction of sp³-hybridized carbons (Fsp3) is 0.417. The van der Waals surface area contributed by atoms with E-state index in [1.165, 1.54) is 10.4 Å². The first-order chi connectivity index (χ1) is 13.4. The van der Waals surface area contributed by atoms with Crippen molar-refractivity contribution in [2.45, 2.75) is 51.4 Å². The molecule has 0 spiro atoms. The lowest BCUT2D eigenvalue weighted by Crippen LogP contribution is -2.68. The predicted molar refractivity (Wildman–Crippen MR) is 118 cm³/mol. The van der Waals surface area contributed by atoms with Gasteiger partial charge in [-0.1, -0.05) is 81.4 Å². The van der Waals surface area contributed by atoms with Gasteiger partial charge in [0.1, 0.15) is 12.4 Å². The van der Waals surface area contributed by atoms with E-state index < -0.39 is 8.32 Å². The Kier molecular flexibility index (Phi) is 6.43. The van der Waals surface area contributed by atoms with Crippen LogP contribution < -0.4 is 10.4 Å². The fourth-order valence-corrected chi connectivity index (χ4v) is 8.80. The topological polar surface area (TPSA) is 27.7 Å².